The van der Waals surface area contributed by atoms with Crippen LogP contribution in [0.15, 0.2) is 41.3 Å². The van der Waals surface area contributed by atoms with Crippen molar-refractivity contribution in [1.29, 1.82) is 0 Å². The van der Waals surface area contributed by atoms with E-state index in [1.165, 1.54) is 33.4 Å². The maximum atomic E-state index is 13.1. The molecule has 0 fully saturated rings. The number of ketones is 1. The molecule has 2 rings (SSSR count). The first-order chi connectivity index (χ1) is 12.6. The van der Waals surface area contributed by atoms with Gasteiger partial charge in [-0.1, -0.05) is 12.1 Å². The van der Waals surface area contributed by atoms with E-state index in [0.717, 1.165) is 15.4 Å². The van der Waals surface area contributed by atoms with Gasteiger partial charge >= 0.3 is 0 Å². The molecule has 0 amide bonds. The average Bonchev–Trinajstić information content (AvgIpc) is 2.67. The Balaban J connectivity index is 2.41. The lowest BCUT2D eigenvalue weighted by atomic mass is 10.0. The summed E-state index contributed by atoms with van der Waals surface area (Å²) in [5, 5.41) is 0. The largest absolute Gasteiger partial charge is 0.497 e. The van der Waals surface area contributed by atoms with Gasteiger partial charge in [0.1, 0.15) is 16.4 Å². The van der Waals surface area contributed by atoms with E-state index in [4.69, 9.17) is 9.47 Å². The van der Waals surface area contributed by atoms with Gasteiger partial charge in [0.2, 0.25) is 10.0 Å². The van der Waals surface area contributed by atoms with Crippen molar-refractivity contribution in [3.8, 4) is 11.5 Å². The van der Waals surface area contributed by atoms with Crippen molar-refractivity contribution in [2.75, 3.05) is 21.3 Å². The third-order valence-corrected chi connectivity index (χ3v) is 6.69. The highest BCUT2D eigenvalue weighted by atomic mass is 32.2. The van der Waals surface area contributed by atoms with Gasteiger partial charge in [0.15, 0.2) is 5.78 Å². The quantitative estimate of drug-likeness (QED) is 0.678. The second-order valence-corrected chi connectivity index (χ2v) is 8.34. The Morgan fingerprint density at radius 2 is 1.67 bits per heavy atom. The van der Waals surface area contributed by atoms with Crippen LogP contribution in [0.4, 0.5) is 0 Å². The molecule has 1 unspecified atom stereocenters. The van der Waals surface area contributed by atoms with Gasteiger partial charge < -0.3 is 9.47 Å². The highest BCUT2D eigenvalue weighted by Gasteiger charge is 2.32. The minimum atomic E-state index is -3.98. The Kier molecular flexibility index (Phi) is 6.28. The van der Waals surface area contributed by atoms with E-state index in [2.05, 4.69) is 0 Å². The molecule has 0 aromatic heterocycles. The zero-order chi connectivity index (χ0) is 20.4. The zero-order valence-electron chi connectivity index (χ0n) is 16.4. The molecule has 2 aromatic carbocycles. The molecule has 1 atom stereocenters. The van der Waals surface area contributed by atoms with Crippen molar-refractivity contribution >= 4 is 15.8 Å². The standard InChI is InChI=1S/C20H25NO5S/c1-13-7-8-16(11-14(13)2)20(22)15(3)21(4)27(23,24)19-12-17(25-5)9-10-18(19)26-6/h7-12,15H,1-6H3. The van der Waals surface area contributed by atoms with Crippen molar-refractivity contribution in [3.63, 3.8) is 0 Å². The number of benzene rings is 2. The summed E-state index contributed by atoms with van der Waals surface area (Å²) in [5.41, 5.74) is 2.53. The Labute approximate surface area is 160 Å². The molecule has 0 saturated carbocycles. The molecule has 0 aliphatic rings. The molecular formula is C20H25NO5S. The van der Waals surface area contributed by atoms with Crippen molar-refractivity contribution in [2.45, 2.75) is 31.7 Å². The summed E-state index contributed by atoms with van der Waals surface area (Å²) >= 11 is 0. The summed E-state index contributed by atoms with van der Waals surface area (Å²) in [6, 6.07) is 8.99. The number of likely N-dealkylation sites (N-methyl/N-ethyl adjacent to an activating group) is 1. The number of rotatable bonds is 7. The lowest BCUT2D eigenvalue weighted by Gasteiger charge is -2.24. The van der Waals surface area contributed by atoms with Gasteiger partial charge in [-0.2, -0.15) is 4.31 Å². The zero-order valence-corrected chi connectivity index (χ0v) is 17.3. The van der Waals surface area contributed by atoms with E-state index >= 15 is 0 Å². The highest BCUT2D eigenvalue weighted by molar-refractivity contribution is 7.89. The number of hydrogen-bond acceptors (Lipinski definition) is 5. The molecule has 0 aliphatic heterocycles. The maximum Gasteiger partial charge on any atom is 0.247 e. The Morgan fingerprint density at radius 3 is 2.22 bits per heavy atom. The number of Topliss-reactive ketones (excluding diaryl/α,β-unsaturated/α-hetero) is 1. The van der Waals surface area contributed by atoms with Gasteiger partial charge in [-0.3, -0.25) is 4.79 Å². The van der Waals surface area contributed by atoms with Crippen LogP contribution in [0, 0.1) is 13.8 Å². The normalized spacial score (nSPS) is 12.7. The topological polar surface area (TPSA) is 72.9 Å². The molecule has 27 heavy (non-hydrogen) atoms. The minimum Gasteiger partial charge on any atom is -0.497 e. The fourth-order valence-corrected chi connectivity index (χ4v) is 4.14. The summed E-state index contributed by atoms with van der Waals surface area (Å²) < 4.78 is 37.6. The van der Waals surface area contributed by atoms with Crippen LogP contribution in [0.25, 0.3) is 0 Å². The molecule has 0 N–H and O–H groups in total. The molecule has 146 valence electrons. The van der Waals surface area contributed by atoms with Gasteiger partial charge in [0, 0.05) is 18.7 Å². The number of aryl methyl sites for hydroxylation is 2. The van der Waals surface area contributed by atoms with Crippen LogP contribution >= 0.6 is 0 Å². The highest BCUT2D eigenvalue weighted by Crippen LogP contribution is 2.31. The van der Waals surface area contributed by atoms with Gasteiger partial charge in [-0.25, -0.2) is 8.42 Å². The molecular weight excluding hydrogens is 366 g/mol. The molecule has 7 heteroatoms. The van der Waals surface area contributed by atoms with Gasteiger partial charge in [0.25, 0.3) is 0 Å². The molecule has 0 saturated heterocycles. The van der Waals surface area contributed by atoms with Crippen LogP contribution in [0.2, 0.25) is 0 Å². The fourth-order valence-electron chi connectivity index (χ4n) is 2.65. The van der Waals surface area contributed by atoms with E-state index in [9.17, 15) is 13.2 Å². The van der Waals surface area contributed by atoms with E-state index in [1.807, 2.05) is 19.9 Å². The maximum absolute atomic E-state index is 13.1. The first-order valence-electron chi connectivity index (χ1n) is 8.45. The van der Waals surface area contributed by atoms with Gasteiger partial charge in [-0.05, 0) is 50.1 Å². The lowest BCUT2D eigenvalue weighted by Crippen LogP contribution is -2.40. The average molecular weight is 391 g/mol. The van der Waals surface area contributed by atoms with Crippen LogP contribution in [0.3, 0.4) is 0 Å². The SMILES string of the molecule is COc1ccc(OC)c(S(=O)(=O)N(C)C(C)C(=O)c2ccc(C)c(C)c2)c1. The smallest absolute Gasteiger partial charge is 0.247 e. The number of methoxy groups -OCH3 is 2. The van der Waals surface area contributed by atoms with Crippen LogP contribution in [0.5, 0.6) is 11.5 Å². The molecule has 0 radical (unpaired) electrons. The Bertz CT molecular complexity index is 953. The van der Waals surface area contributed by atoms with E-state index in [0.29, 0.717) is 11.3 Å². The van der Waals surface area contributed by atoms with E-state index in [1.54, 1.807) is 25.1 Å². The predicted octanol–water partition coefficient (Wildman–Crippen LogP) is 3.21. The first-order valence-corrected chi connectivity index (χ1v) is 9.89. The van der Waals surface area contributed by atoms with Crippen molar-refractivity contribution in [2.24, 2.45) is 0 Å². The molecule has 6 nitrogen and oxygen atoms in total. The van der Waals surface area contributed by atoms with E-state index in [-0.39, 0.29) is 16.4 Å². The summed E-state index contributed by atoms with van der Waals surface area (Å²) in [6.45, 7) is 5.44. The number of carbonyl (C=O) groups excluding carboxylic acids is 1. The Morgan fingerprint density at radius 1 is 1.00 bits per heavy atom. The molecule has 0 heterocycles. The summed E-state index contributed by atoms with van der Waals surface area (Å²) in [7, 11) is 0.255. The third-order valence-electron chi connectivity index (χ3n) is 4.74. The molecule has 0 spiro atoms. The van der Waals surface area contributed by atoms with Crippen LogP contribution in [-0.2, 0) is 10.0 Å². The number of nitrogens with zero attached hydrogens (tertiary/aromatic N) is 1. The minimum absolute atomic E-state index is 0.0495. The summed E-state index contributed by atoms with van der Waals surface area (Å²) in [5.74, 6) is 0.301. The third kappa shape index (κ3) is 4.14. The van der Waals surface area contributed by atoms with Crippen LogP contribution < -0.4 is 9.47 Å². The number of carbonyl (C=O) groups is 1. The summed E-state index contributed by atoms with van der Waals surface area (Å²) in [6.07, 6.45) is 0. The fraction of sp³-hybridized carbons (Fsp3) is 0.350. The van der Waals surface area contributed by atoms with Gasteiger partial charge in [0.05, 0.1) is 20.3 Å². The Hall–Kier alpha value is -2.38. The molecule has 0 aliphatic carbocycles. The lowest BCUT2D eigenvalue weighted by molar-refractivity contribution is 0.0919. The molecule has 2 aromatic rings. The van der Waals surface area contributed by atoms with Crippen molar-refractivity contribution < 1.29 is 22.7 Å². The van der Waals surface area contributed by atoms with Crippen LogP contribution in [0.1, 0.15) is 28.4 Å². The summed E-state index contributed by atoms with van der Waals surface area (Å²) in [4.78, 5) is 12.8. The number of sulfonamides is 1. The first kappa shape index (κ1) is 20.9. The molecule has 0 bridgehead atoms. The number of ether oxygens (including phenoxy) is 2. The van der Waals surface area contributed by atoms with Crippen LogP contribution in [-0.4, -0.2) is 45.8 Å². The second-order valence-electron chi connectivity index (χ2n) is 6.38. The van der Waals surface area contributed by atoms with E-state index < -0.39 is 16.1 Å². The predicted molar refractivity (Wildman–Crippen MR) is 104 cm³/mol. The van der Waals surface area contributed by atoms with Crippen molar-refractivity contribution in [1.82, 2.24) is 4.31 Å². The monoisotopic (exact) mass is 391 g/mol. The number of hydrogen-bond donors (Lipinski definition) is 0. The van der Waals surface area contributed by atoms with Crippen molar-refractivity contribution in [3.05, 3.63) is 53.1 Å². The van der Waals surface area contributed by atoms with Gasteiger partial charge in [-0.15, -0.1) is 0 Å². The second kappa shape index (κ2) is 8.10.